The van der Waals surface area contributed by atoms with Gasteiger partial charge >= 0.3 is 5.97 Å². The molecular formula is C24H22N2O5. The van der Waals surface area contributed by atoms with Gasteiger partial charge in [0, 0.05) is 23.2 Å². The van der Waals surface area contributed by atoms with Gasteiger partial charge in [0.25, 0.3) is 5.91 Å². The minimum absolute atomic E-state index is 0.278. The number of hydrogen-bond donors (Lipinski definition) is 1. The van der Waals surface area contributed by atoms with Crippen molar-refractivity contribution in [1.82, 2.24) is 10.3 Å². The van der Waals surface area contributed by atoms with E-state index in [1.54, 1.807) is 12.3 Å². The van der Waals surface area contributed by atoms with Crippen LogP contribution in [0.3, 0.4) is 0 Å². The maximum Gasteiger partial charge on any atom is 0.331 e. The van der Waals surface area contributed by atoms with Crippen LogP contribution >= 0.6 is 0 Å². The summed E-state index contributed by atoms with van der Waals surface area (Å²) in [6.07, 6.45) is 4.62. The molecule has 1 unspecified atom stereocenters. The fourth-order valence-electron chi connectivity index (χ4n) is 3.30. The van der Waals surface area contributed by atoms with Gasteiger partial charge in [-0.1, -0.05) is 30.3 Å². The average molecular weight is 418 g/mol. The van der Waals surface area contributed by atoms with Gasteiger partial charge in [-0.05, 0) is 36.8 Å². The monoisotopic (exact) mass is 418 g/mol. The van der Waals surface area contributed by atoms with Crippen molar-refractivity contribution in [2.75, 3.05) is 19.8 Å². The Morgan fingerprint density at radius 3 is 2.81 bits per heavy atom. The summed E-state index contributed by atoms with van der Waals surface area (Å²) < 4.78 is 16.1. The van der Waals surface area contributed by atoms with Crippen molar-refractivity contribution in [2.45, 2.75) is 13.0 Å². The van der Waals surface area contributed by atoms with Crippen molar-refractivity contribution in [3.8, 4) is 11.5 Å². The number of rotatable bonds is 6. The predicted octanol–water partition coefficient (Wildman–Crippen LogP) is 3.44. The van der Waals surface area contributed by atoms with E-state index in [9.17, 15) is 9.59 Å². The smallest absolute Gasteiger partial charge is 0.331 e. The summed E-state index contributed by atoms with van der Waals surface area (Å²) in [6, 6.07) is 14.8. The summed E-state index contributed by atoms with van der Waals surface area (Å²) in [4.78, 5) is 28.6. The normalized spacial score (nSPS) is 13.7. The van der Waals surface area contributed by atoms with E-state index >= 15 is 0 Å². The Bertz CT molecular complexity index is 1140. The van der Waals surface area contributed by atoms with Gasteiger partial charge in [-0.25, -0.2) is 4.79 Å². The first-order valence-electron chi connectivity index (χ1n) is 9.97. The molecule has 31 heavy (non-hydrogen) atoms. The Balaban J connectivity index is 1.30. The Hall–Kier alpha value is -3.87. The second-order valence-electron chi connectivity index (χ2n) is 7.06. The fraction of sp³-hybridized carbons (Fsp3) is 0.208. The van der Waals surface area contributed by atoms with Crippen molar-refractivity contribution in [3.05, 3.63) is 71.9 Å². The molecule has 0 saturated carbocycles. The molecule has 0 fully saturated rings. The van der Waals surface area contributed by atoms with Crippen LogP contribution in [-0.4, -0.2) is 36.7 Å². The van der Waals surface area contributed by atoms with Crippen LogP contribution in [0.4, 0.5) is 0 Å². The summed E-state index contributed by atoms with van der Waals surface area (Å²) >= 11 is 0. The first-order valence-corrected chi connectivity index (χ1v) is 9.97. The van der Waals surface area contributed by atoms with Crippen LogP contribution in [0.25, 0.3) is 17.0 Å². The second-order valence-corrected chi connectivity index (χ2v) is 7.06. The number of hydrogen-bond acceptors (Lipinski definition) is 6. The third-order valence-electron chi connectivity index (χ3n) is 4.85. The van der Waals surface area contributed by atoms with Gasteiger partial charge in [-0.3, -0.25) is 9.78 Å². The lowest BCUT2D eigenvalue weighted by Gasteiger charge is -2.21. The molecule has 2 heterocycles. The molecule has 7 heteroatoms. The highest BCUT2D eigenvalue weighted by atomic mass is 16.6. The quantitative estimate of drug-likeness (QED) is 0.488. The Kier molecular flexibility index (Phi) is 6.12. The average Bonchev–Trinajstić information content (AvgIpc) is 2.81. The van der Waals surface area contributed by atoms with Crippen molar-refractivity contribution < 1.29 is 23.8 Å². The van der Waals surface area contributed by atoms with Crippen molar-refractivity contribution in [1.29, 1.82) is 0 Å². The lowest BCUT2D eigenvalue weighted by atomic mass is 10.1. The van der Waals surface area contributed by atoms with Gasteiger partial charge < -0.3 is 19.5 Å². The molecule has 0 bridgehead atoms. The van der Waals surface area contributed by atoms with Gasteiger partial charge in [0.05, 0.1) is 11.6 Å². The van der Waals surface area contributed by atoms with E-state index in [-0.39, 0.29) is 12.6 Å². The number of nitrogens with one attached hydrogen (secondary N) is 1. The van der Waals surface area contributed by atoms with E-state index in [1.807, 2.05) is 55.5 Å². The molecule has 3 aromatic rings. The second kappa shape index (κ2) is 9.30. The van der Waals surface area contributed by atoms with E-state index in [2.05, 4.69) is 10.3 Å². The number of ether oxygens (including phenoxy) is 3. The first kappa shape index (κ1) is 20.4. The molecule has 0 radical (unpaired) electrons. The zero-order valence-corrected chi connectivity index (χ0v) is 17.0. The van der Waals surface area contributed by atoms with Crippen molar-refractivity contribution in [3.63, 3.8) is 0 Å². The van der Waals surface area contributed by atoms with Crippen LogP contribution in [0.15, 0.2) is 60.8 Å². The van der Waals surface area contributed by atoms with Gasteiger partial charge in [0.15, 0.2) is 18.1 Å². The molecule has 7 nitrogen and oxygen atoms in total. The van der Waals surface area contributed by atoms with Gasteiger partial charge in [0.1, 0.15) is 13.2 Å². The van der Waals surface area contributed by atoms with Crippen LogP contribution in [0.2, 0.25) is 0 Å². The summed E-state index contributed by atoms with van der Waals surface area (Å²) in [5, 5.41) is 3.79. The number of pyridine rings is 1. The van der Waals surface area contributed by atoms with E-state index in [4.69, 9.17) is 14.2 Å². The maximum atomic E-state index is 12.2. The molecule has 2 aromatic carbocycles. The van der Waals surface area contributed by atoms with E-state index < -0.39 is 11.9 Å². The topological polar surface area (TPSA) is 86.8 Å². The summed E-state index contributed by atoms with van der Waals surface area (Å²) in [5.41, 5.74) is 2.46. The summed E-state index contributed by atoms with van der Waals surface area (Å²) in [5.74, 6) is 0.353. The molecule has 158 valence electrons. The number of nitrogens with zero attached hydrogens (tertiary/aromatic N) is 1. The zero-order chi connectivity index (χ0) is 21.6. The van der Waals surface area contributed by atoms with Crippen molar-refractivity contribution in [2.24, 2.45) is 0 Å². The van der Waals surface area contributed by atoms with Crippen LogP contribution in [0, 0.1) is 0 Å². The van der Waals surface area contributed by atoms with Crippen LogP contribution in [0.1, 0.15) is 24.1 Å². The molecule has 1 aliphatic rings. The highest BCUT2D eigenvalue weighted by molar-refractivity contribution is 5.93. The molecule has 1 N–H and O–H groups in total. The van der Waals surface area contributed by atoms with E-state index in [0.717, 1.165) is 22.0 Å². The number of benzene rings is 2. The zero-order valence-electron chi connectivity index (χ0n) is 17.0. The third-order valence-corrected chi connectivity index (χ3v) is 4.85. The molecule has 0 spiro atoms. The number of aromatic nitrogens is 1. The molecule has 1 atom stereocenters. The van der Waals surface area contributed by atoms with Crippen molar-refractivity contribution >= 4 is 28.9 Å². The van der Waals surface area contributed by atoms with E-state index in [0.29, 0.717) is 24.7 Å². The number of esters is 1. The number of carbonyl (C=O) groups is 2. The largest absolute Gasteiger partial charge is 0.486 e. The van der Waals surface area contributed by atoms with Gasteiger partial charge in [0.2, 0.25) is 0 Å². The van der Waals surface area contributed by atoms with Gasteiger partial charge in [-0.15, -0.1) is 0 Å². The third kappa shape index (κ3) is 5.01. The number of para-hydroxylation sites is 1. The fourth-order valence-corrected chi connectivity index (χ4v) is 3.30. The van der Waals surface area contributed by atoms with Crippen LogP contribution in [0.5, 0.6) is 11.5 Å². The lowest BCUT2D eigenvalue weighted by molar-refractivity contribution is -0.144. The molecular weight excluding hydrogens is 396 g/mol. The Morgan fingerprint density at radius 2 is 1.94 bits per heavy atom. The number of fused-ring (bicyclic) bond motifs is 2. The molecule has 0 aliphatic carbocycles. The predicted molar refractivity (Wildman–Crippen MR) is 116 cm³/mol. The Labute approximate surface area is 179 Å². The minimum atomic E-state index is -0.602. The SMILES string of the molecule is CC(NC(=O)COC(=O)/C=C/c1cccc2cccnc12)c1ccc2c(c1)OCCO2. The van der Waals surface area contributed by atoms with E-state index in [1.165, 1.54) is 6.08 Å². The molecule has 4 rings (SSSR count). The highest BCUT2D eigenvalue weighted by Crippen LogP contribution is 2.32. The van der Waals surface area contributed by atoms with Crippen LogP contribution in [-0.2, 0) is 14.3 Å². The number of amides is 1. The standard InChI is InChI=1S/C24H22N2O5/c1-16(19-7-9-20-21(14-19)30-13-12-29-20)26-22(27)15-31-23(28)10-8-18-5-2-4-17-6-3-11-25-24(17)18/h2-11,14,16H,12-13,15H2,1H3,(H,26,27)/b10-8+. The molecule has 1 aliphatic heterocycles. The molecule has 1 aromatic heterocycles. The van der Waals surface area contributed by atoms with Crippen LogP contribution < -0.4 is 14.8 Å². The minimum Gasteiger partial charge on any atom is -0.486 e. The summed E-state index contributed by atoms with van der Waals surface area (Å²) in [7, 11) is 0. The lowest BCUT2D eigenvalue weighted by Crippen LogP contribution is -2.31. The molecule has 1 amide bonds. The highest BCUT2D eigenvalue weighted by Gasteiger charge is 2.16. The first-order chi connectivity index (χ1) is 15.1. The Morgan fingerprint density at radius 1 is 1.13 bits per heavy atom. The molecule has 0 saturated heterocycles. The number of carbonyl (C=O) groups excluding carboxylic acids is 2. The maximum absolute atomic E-state index is 12.2. The van der Waals surface area contributed by atoms with Gasteiger partial charge in [-0.2, -0.15) is 0 Å². The summed E-state index contributed by atoms with van der Waals surface area (Å²) in [6.45, 7) is 2.50.